The minimum absolute atomic E-state index is 0.0280. The van der Waals surface area contributed by atoms with Crippen LogP contribution in [0.15, 0.2) is 21.5 Å². The number of furan rings is 1. The van der Waals surface area contributed by atoms with E-state index in [1.54, 1.807) is 6.20 Å². The van der Waals surface area contributed by atoms with Crippen molar-refractivity contribution < 1.29 is 9.21 Å². The van der Waals surface area contributed by atoms with Gasteiger partial charge < -0.3 is 13.9 Å². The average molecular weight is 356 g/mol. The van der Waals surface area contributed by atoms with Crippen LogP contribution in [0.2, 0.25) is 0 Å². The highest BCUT2D eigenvalue weighted by Gasteiger charge is 2.26. The lowest BCUT2D eigenvalue weighted by Gasteiger charge is -2.35. The maximum absolute atomic E-state index is 12.9. The minimum Gasteiger partial charge on any atom is -0.459 e. The zero-order chi connectivity index (χ0) is 18.6. The van der Waals surface area contributed by atoms with Gasteiger partial charge in [0.2, 0.25) is 5.91 Å². The van der Waals surface area contributed by atoms with E-state index in [0.717, 1.165) is 30.8 Å². The van der Waals surface area contributed by atoms with Crippen LogP contribution in [-0.2, 0) is 18.4 Å². The molecule has 0 unspecified atom stereocenters. The van der Waals surface area contributed by atoms with Gasteiger partial charge in [0.05, 0.1) is 17.1 Å². The van der Waals surface area contributed by atoms with Crippen molar-refractivity contribution in [3.8, 4) is 0 Å². The fourth-order valence-electron chi connectivity index (χ4n) is 4.24. The number of carbonyl (C=O) groups is 1. The number of hydrogen-bond acceptors (Lipinski definition) is 4. The highest BCUT2D eigenvalue weighted by atomic mass is 16.3. The summed E-state index contributed by atoms with van der Waals surface area (Å²) in [5.41, 5.74) is 1.78. The van der Waals surface area contributed by atoms with Crippen LogP contribution < -0.4 is 5.56 Å². The Morgan fingerprint density at radius 3 is 2.69 bits per heavy atom. The van der Waals surface area contributed by atoms with Gasteiger partial charge in [-0.2, -0.15) is 5.10 Å². The minimum atomic E-state index is -0.263. The largest absolute Gasteiger partial charge is 0.459 e. The van der Waals surface area contributed by atoms with E-state index >= 15 is 0 Å². The van der Waals surface area contributed by atoms with Gasteiger partial charge in [0.15, 0.2) is 5.58 Å². The third-order valence-corrected chi connectivity index (χ3v) is 5.30. The van der Waals surface area contributed by atoms with Gasteiger partial charge >= 0.3 is 0 Å². The standard InChI is InChI=1S/C19H24N4O3/c1-11-5-12(2)9-22(8-11)16(24)10-23-19(25)17-14(7-20-23)18-15(21(17)4)6-13(3)26-18/h6-7,11-12H,5,8-10H2,1-4H3/t11-,12+. The normalized spacial score (nSPS) is 21.0. The van der Waals surface area contributed by atoms with Crippen LogP contribution >= 0.6 is 0 Å². The first-order valence-corrected chi connectivity index (χ1v) is 9.07. The summed E-state index contributed by atoms with van der Waals surface area (Å²) in [5.74, 6) is 1.71. The van der Waals surface area contributed by atoms with E-state index in [2.05, 4.69) is 18.9 Å². The summed E-state index contributed by atoms with van der Waals surface area (Å²) in [7, 11) is 1.83. The van der Waals surface area contributed by atoms with Gasteiger partial charge in [-0.15, -0.1) is 0 Å². The molecule has 1 aliphatic rings. The molecule has 0 aromatic carbocycles. The number of aromatic nitrogens is 3. The Hall–Kier alpha value is -2.57. The molecule has 3 aromatic rings. The Labute approximate surface area is 151 Å². The molecule has 0 bridgehead atoms. The van der Waals surface area contributed by atoms with Crippen molar-refractivity contribution in [3.05, 3.63) is 28.4 Å². The molecule has 4 rings (SSSR count). The molecule has 0 spiro atoms. The lowest BCUT2D eigenvalue weighted by atomic mass is 9.92. The van der Waals surface area contributed by atoms with Crippen molar-refractivity contribution in [3.63, 3.8) is 0 Å². The van der Waals surface area contributed by atoms with Crippen LogP contribution in [-0.4, -0.2) is 38.2 Å². The second kappa shape index (κ2) is 6.00. The molecule has 26 heavy (non-hydrogen) atoms. The molecule has 0 radical (unpaired) electrons. The summed E-state index contributed by atoms with van der Waals surface area (Å²) in [6, 6.07) is 1.90. The summed E-state index contributed by atoms with van der Waals surface area (Å²) >= 11 is 0. The molecule has 1 aliphatic heterocycles. The molecule has 138 valence electrons. The smallest absolute Gasteiger partial charge is 0.291 e. The molecule has 0 saturated carbocycles. The van der Waals surface area contributed by atoms with Crippen molar-refractivity contribution in [1.82, 2.24) is 19.2 Å². The summed E-state index contributed by atoms with van der Waals surface area (Å²) in [4.78, 5) is 27.5. The number of aryl methyl sites for hydroxylation is 2. The van der Waals surface area contributed by atoms with E-state index in [1.165, 1.54) is 4.68 Å². The Balaban J connectivity index is 1.69. The second-order valence-electron chi connectivity index (χ2n) is 7.74. The number of fused-ring (bicyclic) bond motifs is 3. The quantitative estimate of drug-likeness (QED) is 0.706. The van der Waals surface area contributed by atoms with Gasteiger partial charge in [0.25, 0.3) is 5.56 Å². The Morgan fingerprint density at radius 1 is 1.31 bits per heavy atom. The molecule has 2 atom stereocenters. The third-order valence-electron chi connectivity index (χ3n) is 5.30. The molecular formula is C19H24N4O3. The van der Waals surface area contributed by atoms with Crippen LogP contribution in [0.4, 0.5) is 0 Å². The molecule has 0 N–H and O–H groups in total. The fourth-order valence-corrected chi connectivity index (χ4v) is 4.24. The lowest BCUT2D eigenvalue weighted by molar-refractivity contribution is -0.134. The fraction of sp³-hybridized carbons (Fsp3) is 0.526. The van der Waals surface area contributed by atoms with Crippen molar-refractivity contribution >= 4 is 27.9 Å². The molecule has 7 heteroatoms. The predicted octanol–water partition coefficient (Wildman–Crippen LogP) is 2.29. The Morgan fingerprint density at radius 2 is 2.00 bits per heavy atom. The zero-order valence-corrected chi connectivity index (χ0v) is 15.7. The first kappa shape index (κ1) is 16.9. The van der Waals surface area contributed by atoms with Crippen LogP contribution in [0, 0.1) is 18.8 Å². The maximum Gasteiger partial charge on any atom is 0.291 e. The van der Waals surface area contributed by atoms with Crippen molar-refractivity contribution in [1.29, 1.82) is 0 Å². The highest BCUT2D eigenvalue weighted by molar-refractivity contribution is 6.04. The highest BCUT2D eigenvalue weighted by Crippen LogP contribution is 2.28. The Kier molecular flexibility index (Phi) is 3.89. The monoisotopic (exact) mass is 356 g/mol. The van der Waals surface area contributed by atoms with E-state index in [1.807, 2.05) is 29.5 Å². The summed E-state index contributed by atoms with van der Waals surface area (Å²) in [6.45, 7) is 7.66. The van der Waals surface area contributed by atoms with Gasteiger partial charge in [-0.25, -0.2) is 4.68 Å². The molecule has 1 amide bonds. The number of rotatable bonds is 2. The maximum atomic E-state index is 12.9. The summed E-state index contributed by atoms with van der Waals surface area (Å²) < 4.78 is 8.79. The van der Waals surface area contributed by atoms with Gasteiger partial charge in [-0.05, 0) is 25.2 Å². The molecule has 0 aliphatic carbocycles. The number of likely N-dealkylation sites (tertiary alicyclic amines) is 1. The van der Waals surface area contributed by atoms with E-state index in [-0.39, 0.29) is 18.0 Å². The number of amides is 1. The molecule has 4 heterocycles. The molecule has 3 aromatic heterocycles. The van der Waals surface area contributed by atoms with E-state index in [0.29, 0.717) is 28.3 Å². The summed E-state index contributed by atoms with van der Waals surface area (Å²) in [5, 5.41) is 4.92. The molecule has 7 nitrogen and oxygen atoms in total. The van der Waals surface area contributed by atoms with Crippen molar-refractivity contribution in [2.24, 2.45) is 18.9 Å². The van der Waals surface area contributed by atoms with Crippen LogP contribution in [0.1, 0.15) is 26.0 Å². The van der Waals surface area contributed by atoms with Gasteiger partial charge in [-0.1, -0.05) is 13.8 Å². The van der Waals surface area contributed by atoms with Crippen LogP contribution in [0.5, 0.6) is 0 Å². The van der Waals surface area contributed by atoms with Gasteiger partial charge in [-0.3, -0.25) is 9.59 Å². The van der Waals surface area contributed by atoms with Gasteiger partial charge in [0, 0.05) is 26.2 Å². The SMILES string of the molecule is Cc1cc2c(o1)c1cnn(CC(=O)N3C[C@H](C)C[C@H](C)C3)c(=O)c1n2C. The third kappa shape index (κ3) is 2.62. The summed E-state index contributed by atoms with van der Waals surface area (Å²) in [6.07, 6.45) is 2.76. The van der Waals surface area contributed by atoms with E-state index in [9.17, 15) is 9.59 Å². The number of hydrogen-bond donors (Lipinski definition) is 0. The van der Waals surface area contributed by atoms with E-state index < -0.39 is 0 Å². The zero-order valence-electron chi connectivity index (χ0n) is 15.7. The topological polar surface area (TPSA) is 73.3 Å². The van der Waals surface area contributed by atoms with Crippen LogP contribution in [0.25, 0.3) is 22.0 Å². The van der Waals surface area contributed by atoms with Crippen molar-refractivity contribution in [2.75, 3.05) is 13.1 Å². The van der Waals surface area contributed by atoms with E-state index in [4.69, 9.17) is 4.42 Å². The number of piperidine rings is 1. The van der Waals surface area contributed by atoms with Gasteiger partial charge in [0.1, 0.15) is 17.8 Å². The van der Waals surface area contributed by atoms with Crippen LogP contribution in [0.3, 0.4) is 0 Å². The van der Waals surface area contributed by atoms with Crippen molar-refractivity contribution in [2.45, 2.75) is 33.7 Å². The molecule has 1 saturated heterocycles. The lowest BCUT2D eigenvalue weighted by Crippen LogP contribution is -2.45. The molecular weight excluding hydrogens is 332 g/mol. The molecule has 1 fully saturated rings. The second-order valence-corrected chi connectivity index (χ2v) is 7.74. The Bertz CT molecular complexity index is 1050. The predicted molar refractivity (Wildman–Crippen MR) is 99.0 cm³/mol. The number of nitrogens with zero attached hydrogens (tertiary/aromatic N) is 4. The average Bonchev–Trinajstić information content (AvgIpc) is 3.07. The first-order valence-electron chi connectivity index (χ1n) is 9.07. The number of carbonyl (C=O) groups excluding carboxylic acids is 1. The first-order chi connectivity index (χ1) is 12.3.